The Balaban J connectivity index is 2.71. The number of hydrogen-bond acceptors (Lipinski definition) is 4. The van der Waals surface area contributed by atoms with Crippen molar-refractivity contribution in [2.75, 3.05) is 5.48 Å². The lowest BCUT2D eigenvalue weighted by atomic mass is 10.1. The van der Waals surface area contributed by atoms with Gasteiger partial charge >= 0.3 is 0 Å². The molecular formula is C14H10N2O2. The molecule has 0 aliphatic carbocycles. The lowest BCUT2D eigenvalue weighted by Crippen LogP contribution is -2.08. The highest BCUT2D eigenvalue weighted by atomic mass is 16.5. The van der Waals surface area contributed by atoms with Gasteiger partial charge in [0.2, 0.25) is 0 Å². The summed E-state index contributed by atoms with van der Waals surface area (Å²) in [5, 5.41) is 11.6. The van der Waals surface area contributed by atoms with Crippen LogP contribution in [0.3, 0.4) is 0 Å². The van der Waals surface area contributed by atoms with Crippen molar-refractivity contribution in [3.05, 3.63) is 58.9 Å². The van der Waals surface area contributed by atoms with Gasteiger partial charge in [0.15, 0.2) is 0 Å². The van der Waals surface area contributed by atoms with Crippen LogP contribution in [0.4, 0.5) is 5.69 Å². The number of nitrogens with zero attached hydrogens (tertiary/aromatic N) is 1. The van der Waals surface area contributed by atoms with Gasteiger partial charge in [0.05, 0.1) is 5.52 Å². The highest BCUT2D eigenvalue weighted by Gasteiger charge is 2.07. The molecule has 0 spiro atoms. The highest BCUT2D eigenvalue weighted by Crippen LogP contribution is 2.25. The summed E-state index contributed by atoms with van der Waals surface area (Å²) in [6, 6.07) is 14.8. The zero-order valence-electron chi connectivity index (χ0n) is 9.42. The molecule has 0 atom stereocenters. The van der Waals surface area contributed by atoms with Crippen LogP contribution in [0.15, 0.2) is 53.3 Å². The summed E-state index contributed by atoms with van der Waals surface area (Å²) in [6.45, 7) is 0. The molecule has 0 aliphatic heterocycles. The van der Waals surface area contributed by atoms with Crippen LogP contribution in [0, 0.1) is 0 Å². The van der Waals surface area contributed by atoms with Crippen molar-refractivity contribution in [1.29, 1.82) is 0 Å². The number of rotatable bonds is 1. The molecule has 0 amide bonds. The maximum Gasteiger partial charge on any atom is 0.296 e. The molecule has 18 heavy (non-hydrogen) atoms. The minimum Gasteiger partial charge on any atom is -0.291 e. The predicted molar refractivity (Wildman–Crippen MR) is 70.9 cm³/mol. The zero-order valence-corrected chi connectivity index (χ0v) is 9.42. The van der Waals surface area contributed by atoms with Gasteiger partial charge < -0.3 is 0 Å². The minimum atomic E-state index is -0.477. The molecule has 3 rings (SSSR count). The molecule has 3 aromatic rings. The molecule has 1 heterocycles. The predicted octanol–water partition coefficient (Wildman–Crippen LogP) is 2.55. The Kier molecular flexibility index (Phi) is 2.42. The van der Waals surface area contributed by atoms with Crippen molar-refractivity contribution in [2.24, 2.45) is 0 Å². The fourth-order valence-electron chi connectivity index (χ4n) is 2.12. The van der Waals surface area contributed by atoms with E-state index < -0.39 is 5.56 Å². The monoisotopic (exact) mass is 238 g/mol. The van der Waals surface area contributed by atoms with E-state index in [9.17, 15) is 4.79 Å². The third kappa shape index (κ3) is 1.51. The van der Waals surface area contributed by atoms with E-state index in [1.807, 2.05) is 41.9 Å². The van der Waals surface area contributed by atoms with Crippen LogP contribution in [0.25, 0.3) is 21.7 Å². The molecule has 0 bridgehead atoms. The average Bonchev–Trinajstić information content (AvgIpc) is 2.52. The summed E-state index contributed by atoms with van der Waals surface area (Å²) in [6.07, 6.45) is 0. The highest BCUT2D eigenvalue weighted by molar-refractivity contribution is 6.08. The summed E-state index contributed by atoms with van der Waals surface area (Å²) in [7, 11) is 0. The van der Waals surface area contributed by atoms with Crippen molar-refractivity contribution in [3.63, 3.8) is 0 Å². The normalized spacial score (nSPS) is 10.7. The first-order valence-electron chi connectivity index (χ1n) is 5.53. The third-order valence-corrected chi connectivity index (χ3v) is 2.94. The van der Waals surface area contributed by atoms with Crippen LogP contribution >= 0.6 is 0 Å². The Morgan fingerprint density at radius 2 is 1.50 bits per heavy atom. The first-order chi connectivity index (χ1) is 8.81. The van der Waals surface area contributed by atoms with E-state index in [1.54, 1.807) is 12.1 Å². The zero-order chi connectivity index (χ0) is 12.5. The summed E-state index contributed by atoms with van der Waals surface area (Å²) >= 11 is 0. The van der Waals surface area contributed by atoms with Crippen LogP contribution in [-0.2, 0) is 0 Å². The lowest BCUT2D eigenvalue weighted by molar-refractivity contribution is 0.389. The Labute approximate surface area is 102 Å². The van der Waals surface area contributed by atoms with Gasteiger partial charge in [-0.1, -0.05) is 42.5 Å². The van der Waals surface area contributed by atoms with Crippen LogP contribution in [-0.4, -0.2) is 10.2 Å². The van der Waals surface area contributed by atoms with E-state index in [0.717, 1.165) is 10.8 Å². The second-order valence-corrected chi connectivity index (χ2v) is 3.97. The fourth-order valence-corrected chi connectivity index (χ4v) is 2.12. The van der Waals surface area contributed by atoms with E-state index in [2.05, 4.69) is 4.98 Å². The molecule has 1 aromatic heterocycles. The number of anilines is 1. The molecule has 0 aliphatic rings. The maximum absolute atomic E-state index is 11.9. The molecule has 0 radical (unpaired) electrons. The van der Waals surface area contributed by atoms with Gasteiger partial charge in [0.1, 0.15) is 5.69 Å². The smallest absolute Gasteiger partial charge is 0.291 e. The van der Waals surface area contributed by atoms with Gasteiger partial charge in [-0.15, -0.1) is 0 Å². The van der Waals surface area contributed by atoms with Crippen molar-refractivity contribution in [3.8, 4) is 0 Å². The van der Waals surface area contributed by atoms with E-state index in [-0.39, 0.29) is 5.69 Å². The Hall–Kier alpha value is -2.46. The maximum atomic E-state index is 11.9. The van der Waals surface area contributed by atoms with E-state index >= 15 is 0 Å². The molecule has 0 saturated heterocycles. The van der Waals surface area contributed by atoms with Crippen molar-refractivity contribution < 1.29 is 5.21 Å². The van der Waals surface area contributed by atoms with Crippen molar-refractivity contribution >= 4 is 27.4 Å². The lowest BCUT2D eigenvalue weighted by Gasteiger charge is -1.99. The average molecular weight is 238 g/mol. The van der Waals surface area contributed by atoms with Crippen LogP contribution in [0.1, 0.15) is 0 Å². The number of hydrogen-bond donors (Lipinski definition) is 2. The third-order valence-electron chi connectivity index (χ3n) is 2.94. The quantitative estimate of drug-likeness (QED) is 0.639. The van der Waals surface area contributed by atoms with Gasteiger partial charge in [-0.05, 0) is 11.5 Å². The largest absolute Gasteiger partial charge is 0.296 e. The Morgan fingerprint density at radius 3 is 2.22 bits per heavy atom. The van der Waals surface area contributed by atoms with Crippen LogP contribution in [0.2, 0.25) is 0 Å². The number of benzene rings is 2. The second kappa shape index (κ2) is 4.09. The number of aromatic nitrogens is 1. The van der Waals surface area contributed by atoms with Crippen LogP contribution < -0.4 is 11.0 Å². The molecule has 2 aromatic carbocycles. The molecule has 88 valence electrons. The van der Waals surface area contributed by atoms with Gasteiger partial charge in [0, 0.05) is 10.8 Å². The fraction of sp³-hybridized carbons (Fsp3) is 0. The topological polar surface area (TPSA) is 62.2 Å². The number of para-hydroxylation sites is 1. The SMILES string of the molecule is O=c1nc2ccccc2c2ccccc2c1NO. The molecule has 0 saturated carbocycles. The molecule has 4 nitrogen and oxygen atoms in total. The van der Waals surface area contributed by atoms with Gasteiger partial charge in [-0.3, -0.25) is 15.5 Å². The summed E-state index contributed by atoms with van der Waals surface area (Å²) in [5.41, 5.74) is 2.19. The molecule has 0 fully saturated rings. The molecule has 4 heteroatoms. The van der Waals surface area contributed by atoms with Crippen LogP contribution in [0.5, 0.6) is 0 Å². The van der Waals surface area contributed by atoms with E-state index in [4.69, 9.17) is 5.21 Å². The standard InChI is InChI=1S/C14H10N2O2/c17-14-13(16-18)11-7-2-1-5-9(11)10-6-3-4-8-12(10)15-14/h1-8,18H,(H,15,16,17). The minimum absolute atomic E-state index is 0.0989. The Bertz CT molecular complexity index is 800. The van der Waals surface area contributed by atoms with E-state index in [1.165, 1.54) is 0 Å². The number of nitrogens with one attached hydrogen (secondary N) is 1. The van der Waals surface area contributed by atoms with Crippen molar-refractivity contribution in [2.45, 2.75) is 0 Å². The summed E-state index contributed by atoms with van der Waals surface area (Å²) < 4.78 is 0. The second-order valence-electron chi connectivity index (χ2n) is 3.97. The number of fused-ring (bicyclic) bond motifs is 3. The van der Waals surface area contributed by atoms with Gasteiger partial charge in [-0.25, -0.2) is 4.98 Å². The van der Waals surface area contributed by atoms with Gasteiger partial charge in [0.25, 0.3) is 5.56 Å². The molecule has 0 unspecified atom stereocenters. The van der Waals surface area contributed by atoms with Crippen molar-refractivity contribution in [1.82, 2.24) is 4.98 Å². The summed E-state index contributed by atoms with van der Waals surface area (Å²) in [5.74, 6) is 0. The first-order valence-corrected chi connectivity index (χ1v) is 5.53. The Morgan fingerprint density at radius 1 is 0.889 bits per heavy atom. The molecular weight excluding hydrogens is 228 g/mol. The van der Waals surface area contributed by atoms with Gasteiger partial charge in [-0.2, -0.15) is 0 Å². The molecule has 2 N–H and O–H groups in total. The summed E-state index contributed by atoms with van der Waals surface area (Å²) in [4.78, 5) is 16.0. The first kappa shape index (κ1) is 10.7. The van der Waals surface area contributed by atoms with E-state index in [0.29, 0.717) is 10.9 Å².